The Labute approximate surface area is 130 Å². The largest absolute Gasteiger partial charge is 0.487 e. The standard InChI is InChI=1S/C16H13BrFNO2/c17-11-5-10-1-4-14(20)7-15(10)16(6-11)21-9-13-3-2-12(18)8-19-13/h2-3,5-6,8H,1,4,7,9H2. The van der Waals surface area contributed by atoms with Crippen molar-refractivity contribution in [3.05, 3.63) is 57.6 Å². The van der Waals surface area contributed by atoms with Gasteiger partial charge in [0, 0.05) is 22.9 Å². The van der Waals surface area contributed by atoms with E-state index in [1.807, 2.05) is 12.1 Å². The quantitative estimate of drug-likeness (QED) is 0.849. The summed E-state index contributed by atoms with van der Waals surface area (Å²) < 4.78 is 19.5. The average molecular weight is 350 g/mol. The number of carbonyl (C=O) groups is 1. The lowest BCUT2D eigenvalue weighted by atomic mass is 9.90. The van der Waals surface area contributed by atoms with Gasteiger partial charge in [-0.25, -0.2) is 4.39 Å². The molecule has 0 bridgehead atoms. The second-order valence-electron chi connectivity index (χ2n) is 5.01. The van der Waals surface area contributed by atoms with Gasteiger partial charge in [-0.1, -0.05) is 15.9 Å². The predicted molar refractivity (Wildman–Crippen MR) is 79.7 cm³/mol. The van der Waals surface area contributed by atoms with Crippen LogP contribution in [-0.4, -0.2) is 10.8 Å². The lowest BCUT2D eigenvalue weighted by Gasteiger charge is -2.19. The lowest BCUT2D eigenvalue weighted by Crippen LogP contribution is -2.15. The Morgan fingerprint density at radius 3 is 2.90 bits per heavy atom. The zero-order valence-corrected chi connectivity index (χ0v) is 12.8. The smallest absolute Gasteiger partial charge is 0.141 e. The molecule has 21 heavy (non-hydrogen) atoms. The molecule has 0 spiro atoms. The SMILES string of the molecule is O=C1CCc2cc(Br)cc(OCc3ccc(F)cn3)c2C1. The Kier molecular flexibility index (Phi) is 4.01. The predicted octanol–water partition coefficient (Wildman–Crippen LogP) is 3.62. The van der Waals surface area contributed by atoms with Crippen LogP contribution >= 0.6 is 15.9 Å². The van der Waals surface area contributed by atoms with Crippen LogP contribution in [0.15, 0.2) is 34.9 Å². The van der Waals surface area contributed by atoms with Crippen LogP contribution in [0.25, 0.3) is 0 Å². The summed E-state index contributed by atoms with van der Waals surface area (Å²) in [5.41, 5.74) is 2.75. The van der Waals surface area contributed by atoms with Crippen LogP contribution in [0.1, 0.15) is 23.2 Å². The molecular formula is C16H13BrFNO2. The number of carbonyl (C=O) groups excluding carboxylic acids is 1. The highest BCUT2D eigenvalue weighted by molar-refractivity contribution is 9.10. The second kappa shape index (κ2) is 5.93. The van der Waals surface area contributed by atoms with Crippen molar-refractivity contribution >= 4 is 21.7 Å². The van der Waals surface area contributed by atoms with Gasteiger partial charge in [0.2, 0.25) is 0 Å². The van der Waals surface area contributed by atoms with Gasteiger partial charge in [-0.2, -0.15) is 0 Å². The molecule has 0 radical (unpaired) electrons. The molecule has 0 atom stereocenters. The Morgan fingerprint density at radius 2 is 2.14 bits per heavy atom. The summed E-state index contributed by atoms with van der Waals surface area (Å²) in [7, 11) is 0. The first-order valence-corrected chi connectivity index (χ1v) is 7.47. The number of aromatic nitrogens is 1. The molecule has 5 heteroatoms. The first-order valence-electron chi connectivity index (χ1n) is 6.68. The number of rotatable bonds is 3. The Hall–Kier alpha value is -1.75. The Bertz CT molecular complexity index is 685. The molecule has 2 aromatic rings. The number of fused-ring (bicyclic) bond motifs is 1. The minimum absolute atomic E-state index is 0.231. The third-order valence-electron chi connectivity index (χ3n) is 3.48. The maximum Gasteiger partial charge on any atom is 0.141 e. The van der Waals surface area contributed by atoms with E-state index in [-0.39, 0.29) is 18.2 Å². The van der Waals surface area contributed by atoms with Gasteiger partial charge in [0.15, 0.2) is 0 Å². The van der Waals surface area contributed by atoms with Crippen molar-refractivity contribution in [3.63, 3.8) is 0 Å². The summed E-state index contributed by atoms with van der Waals surface area (Å²) in [6.45, 7) is 0.247. The lowest BCUT2D eigenvalue weighted by molar-refractivity contribution is -0.118. The number of halogens is 2. The highest BCUT2D eigenvalue weighted by Crippen LogP contribution is 2.32. The van der Waals surface area contributed by atoms with E-state index in [1.54, 1.807) is 6.07 Å². The zero-order chi connectivity index (χ0) is 14.8. The molecule has 0 N–H and O–H groups in total. The van der Waals surface area contributed by atoms with Crippen LogP contribution in [-0.2, 0) is 24.2 Å². The number of ether oxygens (including phenoxy) is 1. The van der Waals surface area contributed by atoms with Crippen molar-refractivity contribution in [1.29, 1.82) is 0 Å². The number of benzene rings is 1. The van der Waals surface area contributed by atoms with Gasteiger partial charge in [-0.3, -0.25) is 9.78 Å². The minimum Gasteiger partial charge on any atom is -0.487 e. The molecule has 3 rings (SSSR count). The zero-order valence-electron chi connectivity index (χ0n) is 11.2. The molecule has 0 aliphatic heterocycles. The van der Waals surface area contributed by atoms with E-state index in [1.165, 1.54) is 12.3 Å². The maximum atomic E-state index is 12.8. The highest BCUT2D eigenvalue weighted by atomic mass is 79.9. The van der Waals surface area contributed by atoms with Crippen LogP contribution in [0.2, 0.25) is 0 Å². The molecule has 0 fully saturated rings. The molecule has 108 valence electrons. The summed E-state index contributed by atoms with van der Waals surface area (Å²) in [4.78, 5) is 15.6. The summed E-state index contributed by atoms with van der Waals surface area (Å²) in [5.74, 6) is 0.553. The molecule has 1 aromatic heterocycles. The summed E-state index contributed by atoms with van der Waals surface area (Å²) in [5, 5.41) is 0. The number of Topliss-reactive ketones (excluding diaryl/α,β-unsaturated/α-hetero) is 1. The highest BCUT2D eigenvalue weighted by Gasteiger charge is 2.20. The van der Waals surface area contributed by atoms with Gasteiger partial charge in [-0.05, 0) is 36.2 Å². The van der Waals surface area contributed by atoms with Crippen molar-refractivity contribution in [2.45, 2.75) is 25.9 Å². The van der Waals surface area contributed by atoms with Crippen molar-refractivity contribution in [1.82, 2.24) is 4.98 Å². The fraction of sp³-hybridized carbons (Fsp3) is 0.250. The van der Waals surface area contributed by atoms with Gasteiger partial charge in [-0.15, -0.1) is 0 Å². The van der Waals surface area contributed by atoms with Gasteiger partial charge < -0.3 is 4.74 Å². The third kappa shape index (κ3) is 3.29. The van der Waals surface area contributed by atoms with Crippen LogP contribution in [0.5, 0.6) is 5.75 Å². The molecule has 1 aliphatic rings. The maximum absolute atomic E-state index is 12.8. The van der Waals surface area contributed by atoms with Crippen molar-refractivity contribution < 1.29 is 13.9 Å². The van der Waals surface area contributed by atoms with Crippen molar-refractivity contribution in [2.75, 3.05) is 0 Å². The van der Waals surface area contributed by atoms with Crippen LogP contribution in [0.3, 0.4) is 0 Å². The number of ketones is 1. The fourth-order valence-corrected chi connectivity index (χ4v) is 2.91. The minimum atomic E-state index is -0.371. The van der Waals surface area contributed by atoms with E-state index < -0.39 is 0 Å². The molecule has 1 heterocycles. The molecule has 0 saturated carbocycles. The van der Waals surface area contributed by atoms with E-state index in [2.05, 4.69) is 20.9 Å². The van der Waals surface area contributed by atoms with E-state index in [4.69, 9.17) is 4.74 Å². The molecule has 0 unspecified atom stereocenters. The molecular weight excluding hydrogens is 337 g/mol. The van der Waals surface area contributed by atoms with E-state index in [0.717, 1.165) is 22.0 Å². The van der Waals surface area contributed by atoms with E-state index in [0.29, 0.717) is 24.3 Å². The third-order valence-corrected chi connectivity index (χ3v) is 3.94. The number of aryl methyl sites for hydroxylation is 1. The first kappa shape index (κ1) is 14.2. The van der Waals surface area contributed by atoms with Crippen molar-refractivity contribution in [3.8, 4) is 5.75 Å². The molecule has 1 aliphatic carbocycles. The first-order chi connectivity index (χ1) is 10.1. The van der Waals surface area contributed by atoms with Crippen LogP contribution in [0, 0.1) is 5.82 Å². The van der Waals surface area contributed by atoms with Gasteiger partial charge >= 0.3 is 0 Å². The summed E-state index contributed by atoms with van der Waals surface area (Å²) >= 11 is 3.46. The average Bonchev–Trinajstić information content (AvgIpc) is 2.47. The summed E-state index contributed by atoms with van der Waals surface area (Å²) in [6.07, 6.45) is 2.91. The second-order valence-corrected chi connectivity index (χ2v) is 5.93. The fourth-order valence-electron chi connectivity index (χ4n) is 2.42. The summed E-state index contributed by atoms with van der Waals surface area (Å²) in [6, 6.07) is 6.84. The van der Waals surface area contributed by atoms with Gasteiger partial charge in [0.25, 0.3) is 0 Å². The molecule has 0 saturated heterocycles. The monoisotopic (exact) mass is 349 g/mol. The van der Waals surface area contributed by atoms with Crippen LogP contribution in [0.4, 0.5) is 4.39 Å². The molecule has 0 amide bonds. The van der Waals surface area contributed by atoms with E-state index in [9.17, 15) is 9.18 Å². The number of hydrogen-bond donors (Lipinski definition) is 0. The van der Waals surface area contributed by atoms with Crippen molar-refractivity contribution in [2.24, 2.45) is 0 Å². The Morgan fingerprint density at radius 1 is 1.29 bits per heavy atom. The number of nitrogens with zero attached hydrogens (tertiary/aromatic N) is 1. The van der Waals surface area contributed by atoms with Crippen LogP contribution < -0.4 is 4.74 Å². The molecule has 1 aromatic carbocycles. The van der Waals surface area contributed by atoms with Gasteiger partial charge in [0.1, 0.15) is 24.0 Å². The number of pyridine rings is 1. The normalized spacial score (nSPS) is 13.9. The topological polar surface area (TPSA) is 39.2 Å². The number of hydrogen-bond acceptors (Lipinski definition) is 3. The Balaban J connectivity index is 1.83. The van der Waals surface area contributed by atoms with Gasteiger partial charge in [0.05, 0.1) is 11.9 Å². The molecule has 3 nitrogen and oxygen atoms in total. The van der Waals surface area contributed by atoms with E-state index >= 15 is 0 Å².